The van der Waals surface area contributed by atoms with Gasteiger partial charge in [-0.1, -0.05) is 23.8 Å². The van der Waals surface area contributed by atoms with E-state index in [9.17, 15) is 19.7 Å². The van der Waals surface area contributed by atoms with Crippen LogP contribution in [0.2, 0.25) is 0 Å². The molecule has 1 aromatic heterocycles. The van der Waals surface area contributed by atoms with Gasteiger partial charge < -0.3 is 13.9 Å². The molecule has 0 aliphatic carbocycles. The molecule has 160 valence electrons. The molecule has 8 heteroatoms. The minimum atomic E-state index is -0.757. The third kappa shape index (κ3) is 4.06. The number of benzene rings is 3. The lowest BCUT2D eigenvalue weighted by atomic mass is 10.1. The smallest absolute Gasteiger partial charge is 0.344 e. The topological polar surface area (TPSA) is 109 Å². The van der Waals surface area contributed by atoms with Gasteiger partial charge in [0.05, 0.1) is 15.9 Å². The second kappa shape index (κ2) is 8.35. The first kappa shape index (κ1) is 20.8. The standard InChI is InChI=1S/C24H17NO7/c1-14-6-8-16(9-7-14)31-22-13-30-21-12-17(10-11-19(21)23(22)26)32-24(27)18-4-3-5-20(15(18)2)25(28)29/h3-13H,1-2H3. The van der Waals surface area contributed by atoms with Gasteiger partial charge in [0.25, 0.3) is 5.69 Å². The van der Waals surface area contributed by atoms with Gasteiger partial charge in [0, 0.05) is 17.7 Å². The van der Waals surface area contributed by atoms with Crippen molar-refractivity contribution in [3.05, 3.63) is 104 Å². The molecular formula is C24H17NO7. The quantitative estimate of drug-likeness (QED) is 0.182. The van der Waals surface area contributed by atoms with E-state index >= 15 is 0 Å². The van der Waals surface area contributed by atoms with E-state index in [1.807, 2.05) is 19.1 Å². The summed E-state index contributed by atoms with van der Waals surface area (Å²) >= 11 is 0. The number of carbonyl (C=O) groups excluding carboxylic acids is 1. The molecule has 0 saturated heterocycles. The molecule has 0 spiro atoms. The number of carbonyl (C=O) groups is 1. The summed E-state index contributed by atoms with van der Waals surface area (Å²) in [6.45, 7) is 3.42. The molecular weight excluding hydrogens is 414 g/mol. The maximum Gasteiger partial charge on any atom is 0.344 e. The minimum Gasteiger partial charge on any atom is -0.460 e. The first-order chi connectivity index (χ1) is 15.3. The molecule has 0 fully saturated rings. The molecule has 0 radical (unpaired) electrons. The molecule has 3 aromatic carbocycles. The van der Waals surface area contributed by atoms with Gasteiger partial charge in [-0.05, 0) is 44.2 Å². The summed E-state index contributed by atoms with van der Waals surface area (Å²) in [7, 11) is 0. The van der Waals surface area contributed by atoms with Crippen molar-refractivity contribution in [2.45, 2.75) is 13.8 Å². The number of ether oxygens (including phenoxy) is 2. The molecule has 0 saturated carbocycles. The van der Waals surface area contributed by atoms with Crippen molar-refractivity contribution in [2.75, 3.05) is 0 Å². The molecule has 0 bridgehead atoms. The van der Waals surface area contributed by atoms with Crippen LogP contribution in [0.25, 0.3) is 11.0 Å². The van der Waals surface area contributed by atoms with Crippen molar-refractivity contribution < 1.29 is 23.6 Å². The average molecular weight is 431 g/mol. The summed E-state index contributed by atoms with van der Waals surface area (Å²) in [6.07, 6.45) is 1.20. The molecule has 0 unspecified atom stereocenters. The average Bonchev–Trinajstić information content (AvgIpc) is 2.77. The molecule has 0 aliphatic heterocycles. The van der Waals surface area contributed by atoms with Gasteiger partial charge in [0.2, 0.25) is 11.2 Å². The Morgan fingerprint density at radius 2 is 1.72 bits per heavy atom. The molecule has 1 heterocycles. The van der Waals surface area contributed by atoms with Gasteiger partial charge in [-0.25, -0.2) is 4.79 Å². The van der Waals surface area contributed by atoms with E-state index in [4.69, 9.17) is 13.9 Å². The van der Waals surface area contributed by atoms with E-state index in [0.29, 0.717) is 5.75 Å². The number of nitro groups is 1. The highest BCUT2D eigenvalue weighted by Crippen LogP contribution is 2.26. The fraction of sp³-hybridized carbons (Fsp3) is 0.0833. The van der Waals surface area contributed by atoms with Crippen LogP contribution in [-0.4, -0.2) is 10.9 Å². The summed E-state index contributed by atoms with van der Waals surface area (Å²) in [5.41, 5.74) is 0.984. The summed E-state index contributed by atoms with van der Waals surface area (Å²) in [6, 6.07) is 15.7. The zero-order valence-electron chi connectivity index (χ0n) is 17.2. The normalized spacial score (nSPS) is 10.7. The number of nitrogens with zero attached hydrogens (tertiary/aromatic N) is 1. The zero-order chi connectivity index (χ0) is 22.8. The van der Waals surface area contributed by atoms with Gasteiger partial charge in [-0.3, -0.25) is 14.9 Å². The predicted octanol–water partition coefficient (Wildman–Crippen LogP) is 5.33. The van der Waals surface area contributed by atoms with Gasteiger partial charge in [0.1, 0.15) is 23.3 Å². The fourth-order valence-electron chi connectivity index (χ4n) is 3.16. The Balaban J connectivity index is 1.60. The third-order valence-corrected chi connectivity index (χ3v) is 4.90. The van der Waals surface area contributed by atoms with Crippen LogP contribution in [0.3, 0.4) is 0 Å². The van der Waals surface area contributed by atoms with Gasteiger partial charge >= 0.3 is 5.97 Å². The first-order valence-corrected chi connectivity index (χ1v) is 9.60. The van der Waals surface area contributed by atoms with Crippen molar-refractivity contribution in [3.8, 4) is 17.2 Å². The Hall–Kier alpha value is -4.46. The Kier molecular flexibility index (Phi) is 5.43. The van der Waals surface area contributed by atoms with E-state index in [1.165, 1.54) is 49.6 Å². The van der Waals surface area contributed by atoms with Crippen molar-refractivity contribution in [2.24, 2.45) is 0 Å². The Morgan fingerprint density at radius 1 is 1.00 bits per heavy atom. The zero-order valence-corrected chi connectivity index (χ0v) is 17.2. The monoisotopic (exact) mass is 431 g/mol. The second-order valence-corrected chi connectivity index (χ2v) is 7.10. The van der Waals surface area contributed by atoms with E-state index in [2.05, 4.69) is 0 Å². The predicted molar refractivity (Wildman–Crippen MR) is 117 cm³/mol. The second-order valence-electron chi connectivity index (χ2n) is 7.10. The lowest BCUT2D eigenvalue weighted by molar-refractivity contribution is -0.385. The highest BCUT2D eigenvalue weighted by Gasteiger charge is 2.20. The Labute approximate surface area is 181 Å². The van der Waals surface area contributed by atoms with E-state index < -0.39 is 10.9 Å². The number of fused-ring (bicyclic) bond motifs is 1. The highest BCUT2D eigenvalue weighted by atomic mass is 16.6. The number of aryl methyl sites for hydroxylation is 1. The van der Waals surface area contributed by atoms with Crippen molar-refractivity contribution in [1.82, 2.24) is 0 Å². The third-order valence-electron chi connectivity index (χ3n) is 4.90. The summed E-state index contributed by atoms with van der Waals surface area (Å²) in [5, 5.41) is 11.3. The van der Waals surface area contributed by atoms with Gasteiger partial charge in [-0.15, -0.1) is 0 Å². The molecule has 4 rings (SSSR count). The Morgan fingerprint density at radius 3 is 2.44 bits per heavy atom. The number of rotatable bonds is 5. The number of esters is 1. The van der Waals surface area contributed by atoms with Crippen molar-refractivity contribution in [1.29, 1.82) is 0 Å². The lowest BCUT2D eigenvalue weighted by Crippen LogP contribution is -2.11. The lowest BCUT2D eigenvalue weighted by Gasteiger charge is -2.09. The first-order valence-electron chi connectivity index (χ1n) is 9.60. The highest BCUT2D eigenvalue weighted by molar-refractivity contribution is 5.94. The molecule has 0 atom stereocenters. The molecule has 4 aromatic rings. The van der Waals surface area contributed by atoms with Crippen molar-refractivity contribution >= 4 is 22.6 Å². The van der Waals surface area contributed by atoms with Crippen LogP contribution in [0.15, 0.2) is 76.1 Å². The maximum absolute atomic E-state index is 12.7. The summed E-state index contributed by atoms with van der Waals surface area (Å²) in [5.74, 6) is -0.102. The van der Waals surface area contributed by atoms with E-state index in [1.54, 1.807) is 12.1 Å². The largest absolute Gasteiger partial charge is 0.460 e. The van der Waals surface area contributed by atoms with Crippen molar-refractivity contribution in [3.63, 3.8) is 0 Å². The summed E-state index contributed by atoms with van der Waals surface area (Å²) < 4.78 is 16.5. The van der Waals surface area contributed by atoms with Crippen LogP contribution in [0, 0.1) is 24.0 Å². The maximum atomic E-state index is 12.7. The van der Waals surface area contributed by atoms with E-state index in [-0.39, 0.29) is 44.7 Å². The van der Waals surface area contributed by atoms with E-state index in [0.717, 1.165) is 5.56 Å². The number of hydrogen-bond acceptors (Lipinski definition) is 7. The van der Waals surface area contributed by atoms with Crippen LogP contribution in [0.1, 0.15) is 21.5 Å². The molecule has 32 heavy (non-hydrogen) atoms. The molecule has 0 aliphatic rings. The van der Waals surface area contributed by atoms with Gasteiger partial charge in [0.15, 0.2) is 0 Å². The Bertz CT molecular complexity index is 1400. The molecule has 8 nitrogen and oxygen atoms in total. The molecule has 0 N–H and O–H groups in total. The van der Waals surface area contributed by atoms with Gasteiger partial charge in [-0.2, -0.15) is 0 Å². The molecule has 0 amide bonds. The minimum absolute atomic E-state index is 0.0262. The van der Waals surface area contributed by atoms with Crippen LogP contribution in [0.4, 0.5) is 5.69 Å². The van der Waals surface area contributed by atoms with Crippen LogP contribution >= 0.6 is 0 Å². The SMILES string of the molecule is Cc1ccc(Oc2coc3cc(OC(=O)c4cccc([N+](=O)[O-])c4C)ccc3c2=O)cc1. The summed E-state index contributed by atoms with van der Waals surface area (Å²) in [4.78, 5) is 35.8. The van der Waals surface area contributed by atoms with Crippen LogP contribution in [0.5, 0.6) is 17.2 Å². The van der Waals surface area contributed by atoms with Crippen LogP contribution < -0.4 is 14.9 Å². The number of hydrogen-bond donors (Lipinski definition) is 0. The number of nitro benzene ring substituents is 1. The van der Waals surface area contributed by atoms with Crippen LogP contribution in [-0.2, 0) is 0 Å². The fourth-order valence-corrected chi connectivity index (χ4v) is 3.16.